The van der Waals surface area contributed by atoms with Gasteiger partial charge in [-0.3, -0.25) is 0 Å². The lowest BCUT2D eigenvalue weighted by atomic mass is 10.1. The Morgan fingerprint density at radius 2 is 2.21 bits per heavy atom. The molecule has 0 aliphatic rings. The highest BCUT2D eigenvalue weighted by Gasteiger charge is 2.20. The molecule has 1 heterocycles. The van der Waals surface area contributed by atoms with Crippen molar-refractivity contribution < 1.29 is 15.3 Å². The van der Waals surface area contributed by atoms with Crippen LogP contribution in [0.3, 0.4) is 0 Å². The number of halogens is 1. The molecule has 2 unspecified atom stereocenters. The Morgan fingerprint density at radius 3 is 2.71 bits per heavy atom. The molecule has 0 bridgehead atoms. The molecule has 3 N–H and O–H groups in total. The summed E-state index contributed by atoms with van der Waals surface area (Å²) >= 11 is 6.64. The van der Waals surface area contributed by atoms with Gasteiger partial charge in [-0.25, -0.2) is 4.98 Å². The van der Waals surface area contributed by atoms with Crippen LogP contribution in [-0.2, 0) is 6.61 Å². The zero-order chi connectivity index (χ0) is 10.6. The van der Waals surface area contributed by atoms with Gasteiger partial charge in [0.25, 0.3) is 0 Å². The fourth-order valence-corrected chi connectivity index (χ4v) is 2.04. The van der Waals surface area contributed by atoms with Crippen LogP contribution in [0, 0.1) is 0 Å². The fraction of sp³-hybridized carbons (Fsp3) is 0.625. The maximum Gasteiger partial charge on any atom is 0.131 e. The summed E-state index contributed by atoms with van der Waals surface area (Å²) in [5.41, 5.74) is 0.502. The van der Waals surface area contributed by atoms with Gasteiger partial charge in [-0.05, 0) is 6.42 Å². The second-order valence-corrected chi connectivity index (χ2v) is 4.09. The first kappa shape index (κ1) is 11.9. The number of thiazole rings is 1. The van der Waals surface area contributed by atoms with Crippen LogP contribution in [0.1, 0.15) is 23.2 Å². The second kappa shape index (κ2) is 5.63. The van der Waals surface area contributed by atoms with Crippen molar-refractivity contribution in [2.24, 2.45) is 0 Å². The molecule has 0 aliphatic carbocycles. The molecule has 0 saturated heterocycles. The van der Waals surface area contributed by atoms with Gasteiger partial charge in [-0.1, -0.05) is 0 Å². The summed E-state index contributed by atoms with van der Waals surface area (Å²) < 4.78 is 0. The molecule has 1 aromatic heterocycles. The van der Waals surface area contributed by atoms with Crippen LogP contribution in [-0.4, -0.2) is 32.3 Å². The van der Waals surface area contributed by atoms with Gasteiger partial charge >= 0.3 is 0 Å². The first-order chi connectivity index (χ1) is 6.69. The minimum Gasteiger partial charge on any atom is -0.390 e. The molecule has 0 amide bonds. The van der Waals surface area contributed by atoms with Crippen molar-refractivity contribution >= 4 is 22.9 Å². The quantitative estimate of drug-likeness (QED) is 0.658. The summed E-state index contributed by atoms with van der Waals surface area (Å²) in [5.74, 6) is 0.288. The lowest BCUT2D eigenvalue weighted by molar-refractivity contribution is 0.0167. The zero-order valence-electron chi connectivity index (χ0n) is 7.43. The summed E-state index contributed by atoms with van der Waals surface area (Å²) in [6.45, 7) is -0.158. The number of aliphatic hydroxyl groups is 3. The summed E-state index contributed by atoms with van der Waals surface area (Å²) in [6, 6.07) is 0. The van der Waals surface area contributed by atoms with Crippen molar-refractivity contribution in [2.75, 3.05) is 5.88 Å². The van der Waals surface area contributed by atoms with Crippen molar-refractivity contribution in [2.45, 2.75) is 25.2 Å². The third-order valence-electron chi connectivity index (χ3n) is 1.75. The molecule has 0 aromatic carbocycles. The lowest BCUT2D eigenvalue weighted by Crippen LogP contribution is -2.18. The van der Waals surface area contributed by atoms with E-state index in [9.17, 15) is 10.2 Å². The molecule has 0 fully saturated rings. The monoisotopic (exact) mass is 237 g/mol. The SMILES string of the molecule is OCc1csc(C(O)C(O)CCCl)n1. The summed E-state index contributed by atoms with van der Waals surface area (Å²) in [5, 5.41) is 29.8. The summed E-state index contributed by atoms with van der Waals surface area (Å²) in [7, 11) is 0. The molecule has 2 atom stereocenters. The Bertz CT molecular complexity index is 281. The van der Waals surface area contributed by atoms with Crippen LogP contribution < -0.4 is 0 Å². The predicted octanol–water partition coefficient (Wildman–Crippen LogP) is 0.659. The minimum absolute atomic E-state index is 0.158. The van der Waals surface area contributed by atoms with Crippen molar-refractivity contribution in [3.05, 3.63) is 16.1 Å². The molecule has 0 saturated carbocycles. The fourth-order valence-electron chi connectivity index (χ4n) is 0.965. The van der Waals surface area contributed by atoms with E-state index in [1.165, 1.54) is 11.3 Å². The molecule has 0 aliphatic heterocycles. The topological polar surface area (TPSA) is 73.6 Å². The second-order valence-electron chi connectivity index (χ2n) is 2.83. The van der Waals surface area contributed by atoms with Gasteiger partial charge in [0.1, 0.15) is 11.1 Å². The van der Waals surface area contributed by atoms with Crippen LogP contribution in [0.15, 0.2) is 5.38 Å². The van der Waals surface area contributed by atoms with Crippen molar-refractivity contribution in [1.29, 1.82) is 0 Å². The molecule has 80 valence electrons. The standard InChI is InChI=1S/C8H12ClNO3S/c9-2-1-6(12)7(13)8-10-5(3-11)4-14-8/h4,6-7,11-13H,1-3H2. The third kappa shape index (κ3) is 2.90. The van der Waals surface area contributed by atoms with E-state index in [0.29, 0.717) is 17.1 Å². The normalized spacial score (nSPS) is 15.4. The van der Waals surface area contributed by atoms with Crippen LogP contribution in [0.4, 0.5) is 0 Å². The van der Waals surface area contributed by atoms with E-state index in [1.54, 1.807) is 5.38 Å². The Labute approximate surface area is 90.8 Å². The summed E-state index contributed by atoms with van der Waals surface area (Å²) in [4.78, 5) is 3.95. The van der Waals surface area contributed by atoms with E-state index in [-0.39, 0.29) is 12.5 Å². The highest BCUT2D eigenvalue weighted by atomic mass is 35.5. The van der Waals surface area contributed by atoms with E-state index >= 15 is 0 Å². The zero-order valence-corrected chi connectivity index (χ0v) is 9.00. The van der Waals surface area contributed by atoms with Crippen LogP contribution >= 0.6 is 22.9 Å². The third-order valence-corrected chi connectivity index (χ3v) is 2.94. The number of alkyl halides is 1. The first-order valence-corrected chi connectivity index (χ1v) is 5.57. The molecule has 14 heavy (non-hydrogen) atoms. The van der Waals surface area contributed by atoms with Crippen molar-refractivity contribution in [3.8, 4) is 0 Å². The Balaban J connectivity index is 2.63. The number of hydrogen-bond donors (Lipinski definition) is 3. The maximum absolute atomic E-state index is 9.59. The molecule has 4 nitrogen and oxygen atoms in total. The average Bonchev–Trinajstić information content (AvgIpc) is 2.65. The van der Waals surface area contributed by atoms with Gasteiger partial charge in [0.15, 0.2) is 0 Å². The average molecular weight is 238 g/mol. The van der Waals surface area contributed by atoms with E-state index in [2.05, 4.69) is 4.98 Å². The van der Waals surface area contributed by atoms with E-state index in [0.717, 1.165) is 0 Å². The number of rotatable bonds is 5. The first-order valence-electron chi connectivity index (χ1n) is 4.16. The van der Waals surface area contributed by atoms with Crippen LogP contribution in [0.2, 0.25) is 0 Å². The Kier molecular flexibility index (Phi) is 4.77. The van der Waals surface area contributed by atoms with Crippen LogP contribution in [0.5, 0.6) is 0 Å². The van der Waals surface area contributed by atoms with Gasteiger partial charge in [0.05, 0.1) is 18.4 Å². The van der Waals surface area contributed by atoms with Gasteiger partial charge in [-0.2, -0.15) is 0 Å². The number of aliphatic hydroxyl groups excluding tert-OH is 3. The highest BCUT2D eigenvalue weighted by Crippen LogP contribution is 2.22. The van der Waals surface area contributed by atoms with Gasteiger partial charge in [0.2, 0.25) is 0 Å². The smallest absolute Gasteiger partial charge is 0.131 e. The molecular weight excluding hydrogens is 226 g/mol. The number of nitrogens with zero attached hydrogens (tertiary/aromatic N) is 1. The maximum atomic E-state index is 9.59. The van der Waals surface area contributed by atoms with Crippen LogP contribution in [0.25, 0.3) is 0 Å². The van der Waals surface area contributed by atoms with Gasteiger partial charge < -0.3 is 15.3 Å². The van der Waals surface area contributed by atoms with E-state index < -0.39 is 12.2 Å². The van der Waals surface area contributed by atoms with Gasteiger partial charge in [0, 0.05) is 11.3 Å². The lowest BCUT2D eigenvalue weighted by Gasteiger charge is -2.13. The molecule has 0 radical (unpaired) electrons. The molecule has 1 rings (SSSR count). The number of aromatic nitrogens is 1. The predicted molar refractivity (Wildman–Crippen MR) is 54.3 cm³/mol. The highest BCUT2D eigenvalue weighted by molar-refractivity contribution is 7.09. The van der Waals surface area contributed by atoms with Gasteiger partial charge in [-0.15, -0.1) is 22.9 Å². The minimum atomic E-state index is -1.01. The largest absolute Gasteiger partial charge is 0.390 e. The molecule has 6 heteroatoms. The van der Waals surface area contributed by atoms with E-state index in [1.807, 2.05) is 0 Å². The molecule has 1 aromatic rings. The molecule has 0 spiro atoms. The van der Waals surface area contributed by atoms with E-state index in [4.69, 9.17) is 16.7 Å². The Morgan fingerprint density at radius 1 is 1.50 bits per heavy atom. The summed E-state index contributed by atoms with van der Waals surface area (Å²) in [6.07, 6.45) is -1.60. The Hall–Kier alpha value is -0.200. The van der Waals surface area contributed by atoms with Crippen molar-refractivity contribution in [1.82, 2.24) is 4.98 Å². The molecular formula is C8H12ClNO3S. The van der Waals surface area contributed by atoms with Crippen molar-refractivity contribution in [3.63, 3.8) is 0 Å². The number of hydrogen-bond acceptors (Lipinski definition) is 5.